The standard InChI is InChI=1S/C22H28/c1-7-11-16-17-12-9-10-13-19(17)22(18(16)8-2)20(3,4)14-15-21(22,5)6/h8-15H,7H2,1-6H3/b16-11-,18-8+. The van der Waals surface area contributed by atoms with Gasteiger partial charge in [-0.05, 0) is 46.4 Å². The quantitative estimate of drug-likeness (QED) is 0.533. The summed E-state index contributed by atoms with van der Waals surface area (Å²) in [5.41, 5.74) is 6.15. The summed E-state index contributed by atoms with van der Waals surface area (Å²) in [6, 6.07) is 9.04. The number of hydrogen-bond donors (Lipinski definition) is 0. The molecule has 0 amide bonds. The maximum Gasteiger partial charge on any atom is 0.0382 e. The predicted molar refractivity (Wildman–Crippen MR) is 96.8 cm³/mol. The highest BCUT2D eigenvalue weighted by atomic mass is 14.6. The molecule has 22 heavy (non-hydrogen) atoms. The molecule has 0 bridgehead atoms. The van der Waals surface area contributed by atoms with Gasteiger partial charge in [0.1, 0.15) is 0 Å². The normalized spacial score (nSPS) is 27.0. The highest BCUT2D eigenvalue weighted by Crippen LogP contribution is 2.69. The molecular formula is C22H28. The molecule has 0 N–H and O–H groups in total. The minimum atomic E-state index is 0.0341. The predicted octanol–water partition coefficient (Wildman–Crippen LogP) is 6.30. The molecule has 0 unspecified atom stereocenters. The number of hydrogen-bond acceptors (Lipinski definition) is 0. The third kappa shape index (κ3) is 1.59. The molecule has 0 aromatic heterocycles. The molecule has 0 fully saturated rings. The van der Waals surface area contributed by atoms with E-state index in [2.05, 4.69) is 90.1 Å². The Morgan fingerprint density at radius 2 is 1.55 bits per heavy atom. The molecule has 0 atom stereocenters. The topological polar surface area (TPSA) is 0 Å². The summed E-state index contributed by atoms with van der Waals surface area (Å²) < 4.78 is 0. The van der Waals surface area contributed by atoms with E-state index in [1.165, 1.54) is 22.3 Å². The molecule has 0 saturated carbocycles. The molecule has 0 heterocycles. The Bertz CT molecular complexity index is 675. The molecule has 0 aliphatic heterocycles. The smallest absolute Gasteiger partial charge is 0.0382 e. The van der Waals surface area contributed by atoms with Crippen molar-refractivity contribution < 1.29 is 0 Å². The van der Waals surface area contributed by atoms with Crippen LogP contribution in [0.4, 0.5) is 0 Å². The maximum absolute atomic E-state index is 2.43. The van der Waals surface area contributed by atoms with E-state index in [0.717, 1.165) is 6.42 Å². The van der Waals surface area contributed by atoms with E-state index in [1.807, 2.05) is 0 Å². The fourth-order valence-electron chi connectivity index (χ4n) is 5.22. The molecule has 1 aromatic rings. The molecule has 116 valence electrons. The van der Waals surface area contributed by atoms with E-state index < -0.39 is 0 Å². The van der Waals surface area contributed by atoms with Gasteiger partial charge in [0.15, 0.2) is 0 Å². The highest BCUT2D eigenvalue weighted by Gasteiger charge is 2.63. The van der Waals surface area contributed by atoms with Gasteiger partial charge in [-0.1, -0.05) is 83.2 Å². The Hall–Kier alpha value is -1.56. The average molecular weight is 292 g/mol. The first-order valence-corrected chi connectivity index (χ1v) is 8.51. The minimum absolute atomic E-state index is 0.0341. The first kappa shape index (κ1) is 15.3. The summed E-state index contributed by atoms with van der Waals surface area (Å²) in [6.07, 6.45) is 10.7. The Morgan fingerprint density at radius 3 is 2.09 bits per heavy atom. The van der Waals surface area contributed by atoms with Crippen LogP contribution < -0.4 is 0 Å². The Balaban J connectivity index is 2.45. The van der Waals surface area contributed by atoms with Gasteiger partial charge in [0.05, 0.1) is 0 Å². The second-order valence-corrected chi connectivity index (χ2v) is 7.80. The monoisotopic (exact) mass is 292 g/mol. The van der Waals surface area contributed by atoms with Gasteiger partial charge in [0.25, 0.3) is 0 Å². The Labute approximate surface area is 135 Å². The summed E-state index contributed by atoms with van der Waals surface area (Å²) in [5, 5.41) is 0. The molecule has 0 nitrogen and oxygen atoms in total. The summed E-state index contributed by atoms with van der Waals surface area (Å²) in [7, 11) is 0. The van der Waals surface area contributed by atoms with Gasteiger partial charge in [0.2, 0.25) is 0 Å². The molecule has 3 rings (SSSR count). The summed E-state index contributed by atoms with van der Waals surface area (Å²) in [6.45, 7) is 14.0. The van der Waals surface area contributed by atoms with Crippen molar-refractivity contribution in [3.8, 4) is 0 Å². The zero-order chi connectivity index (χ0) is 16.2. The second-order valence-electron chi connectivity index (χ2n) is 7.80. The molecule has 0 saturated heterocycles. The van der Waals surface area contributed by atoms with Crippen LogP contribution in [-0.2, 0) is 5.41 Å². The fourth-order valence-corrected chi connectivity index (χ4v) is 5.22. The van der Waals surface area contributed by atoms with Crippen LogP contribution in [0.15, 0.2) is 54.1 Å². The van der Waals surface area contributed by atoms with Gasteiger partial charge >= 0.3 is 0 Å². The number of rotatable bonds is 1. The number of allylic oxidation sites excluding steroid dienone is 6. The largest absolute Gasteiger partial charge is 0.0829 e. The lowest BCUT2D eigenvalue weighted by atomic mass is 9.53. The molecule has 2 aliphatic rings. The van der Waals surface area contributed by atoms with E-state index in [1.54, 1.807) is 0 Å². The molecular weight excluding hydrogens is 264 g/mol. The minimum Gasteiger partial charge on any atom is -0.0829 e. The van der Waals surface area contributed by atoms with Gasteiger partial charge in [0, 0.05) is 5.41 Å². The summed E-state index contributed by atoms with van der Waals surface area (Å²) in [5.74, 6) is 0. The van der Waals surface area contributed by atoms with Gasteiger partial charge in [-0.3, -0.25) is 0 Å². The van der Waals surface area contributed by atoms with Gasteiger partial charge in [-0.15, -0.1) is 0 Å². The average Bonchev–Trinajstić information content (AvgIpc) is 2.87. The molecule has 2 aliphatic carbocycles. The van der Waals surface area contributed by atoms with Gasteiger partial charge < -0.3 is 0 Å². The van der Waals surface area contributed by atoms with Crippen molar-refractivity contribution in [1.29, 1.82) is 0 Å². The molecule has 1 spiro atoms. The van der Waals surface area contributed by atoms with Crippen molar-refractivity contribution in [3.63, 3.8) is 0 Å². The van der Waals surface area contributed by atoms with Crippen LogP contribution in [0.5, 0.6) is 0 Å². The maximum atomic E-state index is 2.43. The van der Waals surface area contributed by atoms with Crippen LogP contribution in [0.3, 0.4) is 0 Å². The van der Waals surface area contributed by atoms with Crippen LogP contribution >= 0.6 is 0 Å². The summed E-state index contributed by atoms with van der Waals surface area (Å²) in [4.78, 5) is 0. The van der Waals surface area contributed by atoms with Crippen LogP contribution in [0, 0.1) is 10.8 Å². The zero-order valence-electron chi connectivity index (χ0n) is 14.8. The van der Waals surface area contributed by atoms with E-state index in [4.69, 9.17) is 0 Å². The molecule has 0 radical (unpaired) electrons. The van der Waals surface area contributed by atoms with Crippen LogP contribution in [0.1, 0.15) is 59.1 Å². The van der Waals surface area contributed by atoms with Crippen molar-refractivity contribution in [2.24, 2.45) is 10.8 Å². The van der Waals surface area contributed by atoms with Crippen LogP contribution in [0.25, 0.3) is 5.57 Å². The summed E-state index contributed by atoms with van der Waals surface area (Å²) >= 11 is 0. The van der Waals surface area contributed by atoms with E-state index >= 15 is 0 Å². The van der Waals surface area contributed by atoms with E-state index in [-0.39, 0.29) is 16.2 Å². The fraction of sp³-hybridized carbons (Fsp3) is 0.455. The zero-order valence-corrected chi connectivity index (χ0v) is 14.8. The Kier molecular flexibility index (Phi) is 3.29. The van der Waals surface area contributed by atoms with Crippen molar-refractivity contribution in [1.82, 2.24) is 0 Å². The molecule has 0 heteroatoms. The lowest BCUT2D eigenvalue weighted by Gasteiger charge is -2.49. The van der Waals surface area contributed by atoms with E-state index in [9.17, 15) is 0 Å². The van der Waals surface area contributed by atoms with Crippen molar-refractivity contribution in [3.05, 3.63) is 65.3 Å². The third-order valence-corrected chi connectivity index (χ3v) is 5.86. The van der Waals surface area contributed by atoms with Crippen LogP contribution in [0.2, 0.25) is 0 Å². The van der Waals surface area contributed by atoms with Crippen molar-refractivity contribution in [2.75, 3.05) is 0 Å². The lowest BCUT2D eigenvalue weighted by Crippen LogP contribution is -2.47. The SMILES string of the molecule is C/C=C1\C(=C/CC)c2ccccc2C12C(C)(C)C=CC2(C)C. The number of benzene rings is 1. The van der Waals surface area contributed by atoms with E-state index in [0.29, 0.717) is 0 Å². The number of fused-ring (bicyclic) bond motifs is 2. The highest BCUT2D eigenvalue weighted by molar-refractivity contribution is 5.91. The van der Waals surface area contributed by atoms with Crippen molar-refractivity contribution in [2.45, 2.75) is 53.4 Å². The Morgan fingerprint density at radius 1 is 0.955 bits per heavy atom. The third-order valence-electron chi connectivity index (χ3n) is 5.86. The second kappa shape index (κ2) is 4.72. The van der Waals surface area contributed by atoms with Gasteiger partial charge in [-0.2, -0.15) is 0 Å². The van der Waals surface area contributed by atoms with Crippen LogP contribution in [-0.4, -0.2) is 0 Å². The van der Waals surface area contributed by atoms with Gasteiger partial charge in [-0.25, -0.2) is 0 Å². The van der Waals surface area contributed by atoms with Crippen molar-refractivity contribution >= 4 is 5.57 Å². The molecule has 1 aromatic carbocycles. The first-order valence-electron chi connectivity index (χ1n) is 8.51. The lowest BCUT2D eigenvalue weighted by molar-refractivity contribution is 0.173. The first-order chi connectivity index (χ1) is 10.3.